The van der Waals surface area contributed by atoms with E-state index < -0.39 is 26.0 Å². The first-order valence-corrected chi connectivity index (χ1v) is 14.1. The van der Waals surface area contributed by atoms with Crippen LogP contribution in [-0.2, 0) is 13.9 Å². The van der Waals surface area contributed by atoms with E-state index in [2.05, 4.69) is 38.8 Å². The van der Waals surface area contributed by atoms with Crippen molar-refractivity contribution in [3.8, 4) is 0 Å². The Morgan fingerprint density at radius 1 is 1.10 bits per heavy atom. The molecule has 0 saturated carbocycles. The Bertz CT molecular complexity index is 707. The van der Waals surface area contributed by atoms with Crippen LogP contribution in [0.2, 0.25) is 18.1 Å². The Hall–Kier alpha value is -1.45. The number of amides is 1. The second kappa shape index (κ2) is 10.7. The van der Waals surface area contributed by atoms with E-state index in [0.29, 0.717) is 11.7 Å². The molecular weight excluding hydrogens is 420 g/mol. The van der Waals surface area contributed by atoms with Gasteiger partial charge in [0.25, 0.3) is 0 Å². The van der Waals surface area contributed by atoms with Crippen molar-refractivity contribution in [1.29, 1.82) is 0 Å². The zero-order valence-electron chi connectivity index (χ0n) is 20.0. The fraction of sp³-hybridized carbons (Fsp3) is 0.762. The number of carbonyl (C=O) groups excluding carboxylic acids is 2. The van der Waals surface area contributed by atoms with E-state index in [1.54, 1.807) is 5.38 Å². The van der Waals surface area contributed by atoms with Crippen LogP contribution in [0.5, 0.6) is 0 Å². The van der Waals surface area contributed by atoms with Gasteiger partial charge < -0.3 is 13.9 Å². The molecule has 0 unspecified atom stereocenters. The van der Waals surface area contributed by atoms with Gasteiger partial charge >= 0.3 is 12.1 Å². The molecule has 0 aliphatic rings. The summed E-state index contributed by atoms with van der Waals surface area (Å²) in [6, 6.07) is 0. The summed E-state index contributed by atoms with van der Waals surface area (Å²) in [6.45, 7) is 17.8. The van der Waals surface area contributed by atoms with Gasteiger partial charge in [-0.05, 0) is 58.2 Å². The van der Waals surface area contributed by atoms with E-state index in [0.717, 1.165) is 25.9 Å². The molecule has 9 heteroatoms. The van der Waals surface area contributed by atoms with E-state index in [1.807, 2.05) is 20.8 Å². The molecule has 1 aromatic heterocycles. The molecule has 0 spiro atoms. The van der Waals surface area contributed by atoms with E-state index >= 15 is 0 Å². The Labute approximate surface area is 186 Å². The topological polar surface area (TPSA) is 78.0 Å². The second-order valence-corrected chi connectivity index (χ2v) is 15.5. The number of rotatable bonds is 9. The molecule has 0 atom stereocenters. The highest BCUT2D eigenvalue weighted by Gasteiger charge is 2.36. The average Bonchev–Trinajstić information content (AvgIpc) is 3.07. The van der Waals surface area contributed by atoms with Gasteiger partial charge in [0.1, 0.15) is 5.60 Å². The smallest absolute Gasteiger partial charge is 0.416 e. The summed E-state index contributed by atoms with van der Waals surface area (Å²) in [6.07, 6.45) is 2.17. The highest BCUT2D eigenvalue weighted by Crippen LogP contribution is 2.36. The lowest BCUT2D eigenvalue weighted by Crippen LogP contribution is -2.41. The van der Waals surface area contributed by atoms with Crippen LogP contribution in [0.25, 0.3) is 0 Å². The van der Waals surface area contributed by atoms with Crippen LogP contribution in [0, 0.1) is 0 Å². The van der Waals surface area contributed by atoms with E-state index in [4.69, 9.17) is 13.9 Å². The number of hydrogen-bond donors (Lipinski definition) is 0. The Kier molecular flexibility index (Phi) is 9.50. The monoisotopic (exact) mass is 458 g/mol. The Morgan fingerprint density at radius 2 is 1.73 bits per heavy atom. The number of carbonyl (C=O) groups is 2. The third-order valence-corrected chi connectivity index (χ3v) is 10.4. The lowest BCUT2D eigenvalue weighted by Gasteiger charge is -2.36. The Morgan fingerprint density at radius 3 is 2.27 bits per heavy atom. The minimum absolute atomic E-state index is 0.189. The van der Waals surface area contributed by atoms with Gasteiger partial charge in [-0.3, -0.25) is 4.90 Å². The van der Waals surface area contributed by atoms with Crippen LogP contribution in [0.4, 0.5) is 9.93 Å². The molecule has 0 bridgehead atoms. The molecule has 0 aliphatic heterocycles. The van der Waals surface area contributed by atoms with Crippen molar-refractivity contribution in [2.24, 2.45) is 0 Å². The van der Waals surface area contributed by atoms with Gasteiger partial charge in [0.05, 0.1) is 7.11 Å². The normalized spacial score (nSPS) is 12.6. The molecule has 0 aromatic carbocycles. The fourth-order valence-corrected chi connectivity index (χ4v) is 4.16. The first-order valence-electron chi connectivity index (χ1n) is 10.4. The second-order valence-electron chi connectivity index (χ2n) is 9.81. The molecule has 1 heterocycles. The van der Waals surface area contributed by atoms with Crippen LogP contribution in [0.3, 0.4) is 0 Å². The number of aromatic nitrogens is 1. The number of hydrogen-bond acceptors (Lipinski definition) is 7. The molecule has 1 rings (SSSR count). The summed E-state index contributed by atoms with van der Waals surface area (Å²) in [5.74, 6) is -0.524. The number of thiazole rings is 1. The number of unbranched alkanes of at least 4 members (excludes halogenated alkanes) is 2. The molecule has 1 aromatic rings. The van der Waals surface area contributed by atoms with Gasteiger partial charge in [0, 0.05) is 18.5 Å². The average molecular weight is 459 g/mol. The minimum Gasteiger partial charge on any atom is -0.464 e. The van der Waals surface area contributed by atoms with E-state index in [9.17, 15) is 9.59 Å². The van der Waals surface area contributed by atoms with Crippen LogP contribution in [-0.4, -0.2) is 51.2 Å². The van der Waals surface area contributed by atoms with Crippen LogP contribution in [0.1, 0.15) is 71.3 Å². The summed E-state index contributed by atoms with van der Waals surface area (Å²) in [5, 5.41) is 2.22. The molecule has 0 aliphatic carbocycles. The van der Waals surface area contributed by atoms with Crippen molar-refractivity contribution < 1.29 is 23.5 Å². The number of esters is 1. The zero-order valence-corrected chi connectivity index (χ0v) is 21.8. The maximum atomic E-state index is 12.7. The van der Waals surface area contributed by atoms with Crippen molar-refractivity contribution in [3.63, 3.8) is 0 Å². The van der Waals surface area contributed by atoms with E-state index in [1.165, 1.54) is 23.3 Å². The maximum Gasteiger partial charge on any atom is 0.416 e. The van der Waals surface area contributed by atoms with Crippen molar-refractivity contribution in [2.75, 3.05) is 25.2 Å². The summed E-state index contributed by atoms with van der Waals surface area (Å²) in [7, 11) is -0.428. The SMILES string of the molecule is COC(=O)c1csc(N(CCCCCO[Si](C)(C)C(C)(C)C)C(=O)OC(C)(C)C)n1. The number of nitrogens with zero attached hydrogens (tertiary/aromatic N) is 2. The van der Waals surface area contributed by atoms with Gasteiger partial charge in [-0.15, -0.1) is 11.3 Å². The van der Waals surface area contributed by atoms with Crippen molar-refractivity contribution >= 4 is 36.8 Å². The maximum absolute atomic E-state index is 12.7. The molecule has 30 heavy (non-hydrogen) atoms. The molecule has 0 radical (unpaired) electrons. The van der Waals surface area contributed by atoms with Crippen molar-refractivity contribution in [1.82, 2.24) is 4.98 Å². The number of ether oxygens (including phenoxy) is 2. The highest BCUT2D eigenvalue weighted by atomic mass is 32.1. The molecule has 1 amide bonds. The quantitative estimate of drug-likeness (QED) is 0.262. The van der Waals surface area contributed by atoms with Crippen molar-refractivity contribution in [2.45, 2.75) is 84.5 Å². The van der Waals surface area contributed by atoms with E-state index in [-0.39, 0.29) is 10.7 Å². The molecule has 7 nitrogen and oxygen atoms in total. The zero-order chi connectivity index (χ0) is 23.2. The first kappa shape index (κ1) is 26.6. The number of methoxy groups -OCH3 is 1. The van der Waals surface area contributed by atoms with Crippen LogP contribution >= 0.6 is 11.3 Å². The number of anilines is 1. The molecule has 0 saturated heterocycles. The molecular formula is C21H38N2O5SSi. The highest BCUT2D eigenvalue weighted by molar-refractivity contribution is 7.14. The fourth-order valence-electron chi connectivity index (χ4n) is 2.26. The minimum atomic E-state index is -1.73. The molecule has 0 fully saturated rings. The predicted octanol–water partition coefficient (Wildman–Crippen LogP) is 5.86. The lowest BCUT2D eigenvalue weighted by atomic mass is 10.2. The standard InChI is InChI=1S/C21H38N2O5SSi/c1-20(2,3)28-19(25)23(18-22-16(15-29-18)17(24)26-7)13-11-10-12-14-27-30(8,9)21(4,5)6/h15H,10-14H2,1-9H3. The van der Waals surface area contributed by atoms with Gasteiger partial charge in [0.15, 0.2) is 19.1 Å². The van der Waals surface area contributed by atoms with Gasteiger partial charge in [-0.2, -0.15) is 0 Å². The van der Waals surface area contributed by atoms with Crippen LogP contribution in [0.15, 0.2) is 5.38 Å². The third kappa shape index (κ3) is 8.35. The van der Waals surface area contributed by atoms with Crippen LogP contribution < -0.4 is 4.90 Å². The van der Waals surface area contributed by atoms with Gasteiger partial charge in [-0.1, -0.05) is 20.8 Å². The predicted molar refractivity (Wildman–Crippen MR) is 124 cm³/mol. The van der Waals surface area contributed by atoms with Gasteiger partial charge in [-0.25, -0.2) is 14.6 Å². The first-order chi connectivity index (χ1) is 13.7. The summed E-state index contributed by atoms with van der Waals surface area (Å²) >= 11 is 1.22. The third-order valence-electron chi connectivity index (χ3n) is 5.03. The summed E-state index contributed by atoms with van der Waals surface area (Å²) in [5.41, 5.74) is -0.428. The van der Waals surface area contributed by atoms with Gasteiger partial charge in [0.2, 0.25) is 0 Å². The van der Waals surface area contributed by atoms with Crippen molar-refractivity contribution in [3.05, 3.63) is 11.1 Å². The lowest BCUT2D eigenvalue weighted by molar-refractivity contribution is 0.0569. The largest absolute Gasteiger partial charge is 0.464 e. The molecule has 172 valence electrons. The summed E-state index contributed by atoms with van der Waals surface area (Å²) in [4.78, 5) is 30.2. The Balaban J connectivity index is 2.68. The summed E-state index contributed by atoms with van der Waals surface area (Å²) < 4.78 is 16.4. The molecule has 0 N–H and O–H groups in total.